The molecule has 126 valence electrons. The van der Waals surface area contributed by atoms with Gasteiger partial charge in [-0.25, -0.2) is 9.78 Å². The van der Waals surface area contributed by atoms with E-state index in [1.165, 1.54) is 0 Å². The molecule has 2 amide bonds. The number of hydrogen-bond acceptors (Lipinski definition) is 4. The number of nitrogens with zero attached hydrogens (tertiary/aromatic N) is 1. The number of aromatic nitrogens is 1. The van der Waals surface area contributed by atoms with Crippen LogP contribution in [-0.4, -0.2) is 35.3 Å². The van der Waals surface area contributed by atoms with E-state index < -0.39 is 6.10 Å². The molecule has 0 aromatic carbocycles. The fraction of sp³-hybridized carbons (Fsp3) is 0.750. The van der Waals surface area contributed by atoms with Gasteiger partial charge in [-0.15, -0.1) is 11.3 Å². The van der Waals surface area contributed by atoms with Crippen molar-refractivity contribution in [1.82, 2.24) is 15.6 Å². The Hall–Kier alpha value is -1.14. The summed E-state index contributed by atoms with van der Waals surface area (Å²) in [6, 6.07) is -0.181. The van der Waals surface area contributed by atoms with E-state index in [0.29, 0.717) is 13.1 Å². The van der Waals surface area contributed by atoms with Crippen molar-refractivity contribution in [3.63, 3.8) is 0 Å². The molecule has 0 spiro atoms. The molecule has 1 rings (SSSR count). The van der Waals surface area contributed by atoms with Gasteiger partial charge in [0.25, 0.3) is 0 Å². The summed E-state index contributed by atoms with van der Waals surface area (Å²) >= 11 is 1.66. The van der Waals surface area contributed by atoms with E-state index in [4.69, 9.17) is 0 Å². The average Bonchev–Trinajstić information content (AvgIpc) is 2.86. The Morgan fingerprint density at radius 3 is 2.64 bits per heavy atom. The van der Waals surface area contributed by atoms with E-state index in [9.17, 15) is 9.90 Å². The normalized spacial score (nSPS) is 13.2. The summed E-state index contributed by atoms with van der Waals surface area (Å²) in [7, 11) is 0. The number of aliphatic hydroxyl groups excluding tert-OH is 1. The highest BCUT2D eigenvalue weighted by atomic mass is 32.1. The summed E-state index contributed by atoms with van der Waals surface area (Å²) in [5.74, 6) is 0.168. The lowest BCUT2D eigenvalue weighted by atomic mass is 9.81. The Morgan fingerprint density at radius 1 is 1.41 bits per heavy atom. The number of aryl methyl sites for hydroxylation is 2. The number of rotatable bonds is 8. The monoisotopic (exact) mass is 327 g/mol. The number of aliphatic hydroxyl groups is 1. The van der Waals surface area contributed by atoms with Crippen LogP contribution < -0.4 is 10.6 Å². The zero-order valence-corrected chi connectivity index (χ0v) is 15.1. The topological polar surface area (TPSA) is 74.2 Å². The highest BCUT2D eigenvalue weighted by Gasteiger charge is 2.30. The van der Waals surface area contributed by atoms with Crippen molar-refractivity contribution in [2.45, 2.75) is 53.6 Å². The largest absolute Gasteiger partial charge is 0.392 e. The van der Waals surface area contributed by atoms with E-state index in [2.05, 4.69) is 15.6 Å². The SMILES string of the molecule is Cc1csc(CCCNC(=O)NCC(C)(C)C(O)C(C)C)n1. The van der Waals surface area contributed by atoms with E-state index in [-0.39, 0.29) is 17.4 Å². The molecule has 1 aromatic rings. The predicted octanol–water partition coefficient (Wildman–Crippen LogP) is 2.73. The number of carbonyl (C=O) groups excluding carboxylic acids is 1. The molecule has 22 heavy (non-hydrogen) atoms. The first-order valence-corrected chi connectivity index (χ1v) is 8.71. The number of thiazole rings is 1. The quantitative estimate of drug-likeness (QED) is 0.643. The van der Waals surface area contributed by atoms with Crippen molar-refractivity contribution in [2.75, 3.05) is 13.1 Å². The summed E-state index contributed by atoms with van der Waals surface area (Å²) in [6.07, 6.45) is 1.32. The van der Waals surface area contributed by atoms with Crippen LogP contribution in [0.1, 0.15) is 44.8 Å². The number of carbonyl (C=O) groups is 1. The summed E-state index contributed by atoms with van der Waals surface area (Å²) in [4.78, 5) is 16.2. The first-order valence-electron chi connectivity index (χ1n) is 7.83. The summed E-state index contributed by atoms with van der Waals surface area (Å²) in [5.41, 5.74) is 0.709. The summed E-state index contributed by atoms with van der Waals surface area (Å²) in [6.45, 7) is 10.9. The van der Waals surface area contributed by atoms with Crippen LogP contribution in [0.2, 0.25) is 0 Å². The van der Waals surface area contributed by atoms with Gasteiger partial charge < -0.3 is 15.7 Å². The highest BCUT2D eigenvalue weighted by Crippen LogP contribution is 2.24. The van der Waals surface area contributed by atoms with Gasteiger partial charge >= 0.3 is 6.03 Å². The molecule has 1 atom stereocenters. The lowest BCUT2D eigenvalue weighted by Crippen LogP contribution is -2.46. The van der Waals surface area contributed by atoms with E-state index in [1.807, 2.05) is 40.0 Å². The molecule has 3 N–H and O–H groups in total. The maximum absolute atomic E-state index is 11.8. The van der Waals surface area contributed by atoms with Crippen molar-refractivity contribution >= 4 is 17.4 Å². The number of urea groups is 1. The van der Waals surface area contributed by atoms with Crippen LogP contribution in [0.25, 0.3) is 0 Å². The van der Waals surface area contributed by atoms with Crippen molar-refractivity contribution in [3.8, 4) is 0 Å². The van der Waals surface area contributed by atoms with Crippen molar-refractivity contribution < 1.29 is 9.90 Å². The van der Waals surface area contributed by atoms with Crippen LogP contribution in [0.15, 0.2) is 5.38 Å². The first-order chi connectivity index (χ1) is 10.2. The van der Waals surface area contributed by atoms with Crippen LogP contribution in [0.4, 0.5) is 4.79 Å². The highest BCUT2D eigenvalue weighted by molar-refractivity contribution is 7.09. The van der Waals surface area contributed by atoms with Gasteiger partial charge in [0.2, 0.25) is 0 Å². The van der Waals surface area contributed by atoms with Crippen molar-refractivity contribution in [2.24, 2.45) is 11.3 Å². The molecule has 0 aliphatic rings. The molecular formula is C16H29N3O2S. The maximum Gasteiger partial charge on any atom is 0.314 e. The van der Waals surface area contributed by atoms with Crippen molar-refractivity contribution in [1.29, 1.82) is 0 Å². The molecule has 0 saturated heterocycles. The lowest BCUT2D eigenvalue weighted by Gasteiger charge is -2.33. The molecule has 1 aromatic heterocycles. The second kappa shape index (κ2) is 8.48. The fourth-order valence-corrected chi connectivity index (χ4v) is 3.15. The molecule has 0 radical (unpaired) electrons. The predicted molar refractivity (Wildman–Crippen MR) is 91.2 cm³/mol. The van der Waals surface area contributed by atoms with Crippen LogP contribution in [0.3, 0.4) is 0 Å². The van der Waals surface area contributed by atoms with Crippen LogP contribution in [-0.2, 0) is 6.42 Å². The van der Waals surface area contributed by atoms with Gasteiger partial charge in [-0.3, -0.25) is 0 Å². The minimum atomic E-state index is -0.444. The van der Waals surface area contributed by atoms with Gasteiger partial charge in [0, 0.05) is 36.0 Å². The summed E-state index contributed by atoms with van der Waals surface area (Å²) in [5, 5.41) is 19.0. The third kappa shape index (κ3) is 6.32. The second-order valence-electron chi connectivity index (χ2n) is 6.77. The van der Waals surface area contributed by atoms with Gasteiger partial charge in [-0.1, -0.05) is 27.7 Å². The molecule has 0 aliphatic carbocycles. The third-order valence-corrected chi connectivity index (χ3v) is 4.68. The van der Waals surface area contributed by atoms with Crippen LogP contribution in [0, 0.1) is 18.3 Å². The van der Waals surface area contributed by atoms with Gasteiger partial charge in [-0.05, 0) is 19.3 Å². The fourth-order valence-electron chi connectivity index (χ4n) is 2.34. The molecule has 1 unspecified atom stereocenters. The molecule has 0 aliphatic heterocycles. The zero-order chi connectivity index (χ0) is 16.8. The van der Waals surface area contributed by atoms with Gasteiger partial charge in [0.15, 0.2) is 0 Å². The summed E-state index contributed by atoms with van der Waals surface area (Å²) < 4.78 is 0. The van der Waals surface area contributed by atoms with Crippen molar-refractivity contribution in [3.05, 3.63) is 16.1 Å². The smallest absolute Gasteiger partial charge is 0.314 e. The van der Waals surface area contributed by atoms with E-state index in [0.717, 1.165) is 23.5 Å². The Bertz CT molecular complexity index is 472. The second-order valence-corrected chi connectivity index (χ2v) is 7.72. The minimum absolute atomic E-state index is 0.168. The average molecular weight is 327 g/mol. The standard InChI is InChI=1S/C16H29N3O2S/c1-11(2)14(20)16(4,5)10-18-15(21)17-8-6-7-13-19-12(3)9-22-13/h9,11,14,20H,6-8,10H2,1-5H3,(H2,17,18,21). The van der Waals surface area contributed by atoms with E-state index >= 15 is 0 Å². The van der Waals surface area contributed by atoms with Gasteiger partial charge in [0.1, 0.15) is 0 Å². The van der Waals surface area contributed by atoms with Crippen LogP contribution in [0.5, 0.6) is 0 Å². The van der Waals surface area contributed by atoms with Crippen LogP contribution >= 0.6 is 11.3 Å². The Kier molecular flexibility index (Phi) is 7.29. The molecular weight excluding hydrogens is 298 g/mol. The zero-order valence-electron chi connectivity index (χ0n) is 14.3. The molecule has 0 bridgehead atoms. The third-order valence-electron chi connectivity index (χ3n) is 3.66. The molecule has 1 heterocycles. The molecule has 5 nitrogen and oxygen atoms in total. The molecule has 0 fully saturated rings. The molecule has 6 heteroatoms. The minimum Gasteiger partial charge on any atom is -0.392 e. The van der Waals surface area contributed by atoms with E-state index in [1.54, 1.807) is 11.3 Å². The molecule has 0 saturated carbocycles. The number of hydrogen-bond donors (Lipinski definition) is 3. The first kappa shape index (κ1) is 18.9. The number of amides is 2. The lowest BCUT2D eigenvalue weighted by molar-refractivity contribution is 0.0151. The Labute approximate surface area is 137 Å². The van der Waals surface area contributed by atoms with Gasteiger partial charge in [-0.2, -0.15) is 0 Å². The number of nitrogens with one attached hydrogen (secondary N) is 2. The Balaban J connectivity index is 2.20. The van der Waals surface area contributed by atoms with Gasteiger partial charge in [0.05, 0.1) is 11.1 Å². The maximum atomic E-state index is 11.8. The Morgan fingerprint density at radius 2 is 2.09 bits per heavy atom.